The zero-order valence-corrected chi connectivity index (χ0v) is 15.4. The molecule has 0 atom stereocenters. The summed E-state index contributed by atoms with van der Waals surface area (Å²) in [4.78, 5) is 27.5. The molecule has 1 aliphatic rings. The van der Waals surface area contributed by atoms with Crippen molar-refractivity contribution in [3.63, 3.8) is 0 Å². The molecule has 4 aromatic carbocycles. The second-order valence-corrected chi connectivity index (χ2v) is 6.89. The number of amides is 2. The summed E-state index contributed by atoms with van der Waals surface area (Å²) < 4.78 is 0. The van der Waals surface area contributed by atoms with Crippen molar-refractivity contribution in [1.82, 2.24) is 0 Å². The Morgan fingerprint density at radius 3 is 2.50 bits per heavy atom. The maximum atomic E-state index is 13.1. The molecule has 0 saturated carbocycles. The van der Waals surface area contributed by atoms with E-state index in [-0.39, 0.29) is 11.8 Å². The fourth-order valence-electron chi connectivity index (χ4n) is 4.08. The van der Waals surface area contributed by atoms with Crippen LogP contribution in [0, 0.1) is 0 Å². The van der Waals surface area contributed by atoms with E-state index in [2.05, 4.69) is 5.32 Å². The van der Waals surface area contributed by atoms with E-state index in [4.69, 9.17) is 0 Å². The van der Waals surface area contributed by atoms with Gasteiger partial charge in [0, 0.05) is 34.1 Å². The Hall–Kier alpha value is -3.66. The minimum absolute atomic E-state index is 0.0145. The molecule has 0 radical (unpaired) electrons. The van der Waals surface area contributed by atoms with Gasteiger partial charge in [-0.15, -0.1) is 0 Å². The molecule has 0 unspecified atom stereocenters. The molecule has 4 nitrogen and oxygen atoms in total. The summed E-state index contributed by atoms with van der Waals surface area (Å²) in [6, 6.07) is 23.0. The Morgan fingerprint density at radius 2 is 1.64 bits per heavy atom. The van der Waals surface area contributed by atoms with Crippen molar-refractivity contribution in [3.8, 4) is 0 Å². The first-order valence-electron chi connectivity index (χ1n) is 9.35. The number of carbonyl (C=O) groups excluding carboxylic acids is 2. The van der Waals surface area contributed by atoms with Crippen LogP contribution in [0.25, 0.3) is 21.5 Å². The molecule has 0 fully saturated rings. The van der Waals surface area contributed by atoms with Gasteiger partial charge < -0.3 is 10.2 Å². The second kappa shape index (κ2) is 6.20. The van der Waals surface area contributed by atoms with E-state index in [1.54, 1.807) is 4.90 Å². The first-order chi connectivity index (χ1) is 13.7. The lowest BCUT2D eigenvalue weighted by atomic mass is 10.0. The van der Waals surface area contributed by atoms with Crippen LogP contribution in [0.4, 0.5) is 11.4 Å². The smallest absolute Gasteiger partial charge is 0.258 e. The van der Waals surface area contributed by atoms with E-state index < -0.39 is 0 Å². The molecule has 28 heavy (non-hydrogen) atoms. The Bertz CT molecular complexity index is 1270. The zero-order valence-electron chi connectivity index (χ0n) is 15.4. The predicted octanol–water partition coefficient (Wildman–Crippen LogP) is 5.23. The molecule has 0 saturated heterocycles. The van der Waals surface area contributed by atoms with Crippen LogP contribution in [-0.4, -0.2) is 18.4 Å². The monoisotopic (exact) mass is 366 g/mol. The molecule has 1 aliphatic heterocycles. The standard InChI is InChI=1S/C24H18N2O2/c1-2-26-21-14-13-20(18-11-6-12-19(22(18)21)24(26)28)25-23(27)17-10-5-8-15-7-3-4-9-16(15)17/h3-14H,2H2,1H3,(H,25,27). The lowest BCUT2D eigenvalue weighted by Crippen LogP contribution is -2.25. The minimum Gasteiger partial charge on any atom is -0.321 e. The zero-order chi connectivity index (χ0) is 19.3. The maximum absolute atomic E-state index is 13.1. The highest BCUT2D eigenvalue weighted by atomic mass is 16.2. The van der Waals surface area contributed by atoms with E-state index in [1.807, 2.05) is 79.7 Å². The van der Waals surface area contributed by atoms with Gasteiger partial charge in [-0.25, -0.2) is 0 Å². The van der Waals surface area contributed by atoms with Gasteiger partial charge in [-0.05, 0) is 42.0 Å². The number of benzene rings is 4. The molecule has 4 heteroatoms. The van der Waals surface area contributed by atoms with Gasteiger partial charge in [0.2, 0.25) is 0 Å². The Balaban J connectivity index is 1.61. The third-order valence-corrected chi connectivity index (χ3v) is 5.38. The Morgan fingerprint density at radius 1 is 0.893 bits per heavy atom. The van der Waals surface area contributed by atoms with E-state index >= 15 is 0 Å². The van der Waals surface area contributed by atoms with Crippen LogP contribution in [0.5, 0.6) is 0 Å². The topological polar surface area (TPSA) is 49.4 Å². The molecule has 2 amide bonds. The van der Waals surface area contributed by atoms with Gasteiger partial charge in [-0.3, -0.25) is 9.59 Å². The summed E-state index contributed by atoms with van der Waals surface area (Å²) in [6.07, 6.45) is 0. The Labute approximate surface area is 162 Å². The van der Waals surface area contributed by atoms with Crippen molar-refractivity contribution in [2.24, 2.45) is 0 Å². The number of hydrogen-bond donors (Lipinski definition) is 1. The summed E-state index contributed by atoms with van der Waals surface area (Å²) in [5.74, 6) is -0.144. The van der Waals surface area contributed by atoms with E-state index in [1.165, 1.54) is 0 Å². The van der Waals surface area contributed by atoms with Crippen molar-refractivity contribution >= 4 is 44.7 Å². The fraction of sp³-hybridized carbons (Fsp3) is 0.0833. The lowest BCUT2D eigenvalue weighted by molar-refractivity contribution is 0.0992. The third kappa shape index (κ3) is 2.31. The summed E-state index contributed by atoms with van der Waals surface area (Å²) in [7, 11) is 0. The number of fused-ring (bicyclic) bond motifs is 1. The number of anilines is 2. The van der Waals surface area contributed by atoms with Crippen LogP contribution in [0.3, 0.4) is 0 Å². The molecule has 0 bridgehead atoms. The maximum Gasteiger partial charge on any atom is 0.258 e. The van der Waals surface area contributed by atoms with E-state index in [0.717, 1.165) is 27.2 Å². The molecule has 4 aromatic rings. The fourth-order valence-corrected chi connectivity index (χ4v) is 4.08. The van der Waals surface area contributed by atoms with Gasteiger partial charge >= 0.3 is 0 Å². The lowest BCUT2D eigenvalue weighted by Gasteiger charge is -2.16. The highest BCUT2D eigenvalue weighted by Crippen LogP contribution is 2.40. The van der Waals surface area contributed by atoms with Crippen LogP contribution < -0.4 is 10.2 Å². The predicted molar refractivity (Wildman–Crippen MR) is 113 cm³/mol. The van der Waals surface area contributed by atoms with E-state index in [0.29, 0.717) is 23.4 Å². The molecule has 5 rings (SSSR count). The highest BCUT2D eigenvalue weighted by molar-refractivity contribution is 6.27. The van der Waals surface area contributed by atoms with Crippen molar-refractivity contribution in [2.45, 2.75) is 6.92 Å². The average molecular weight is 366 g/mol. The molecule has 0 aliphatic carbocycles. The summed E-state index contributed by atoms with van der Waals surface area (Å²) in [5, 5.41) is 6.79. The first kappa shape index (κ1) is 16.5. The van der Waals surface area contributed by atoms with Gasteiger partial charge in [0.05, 0.1) is 5.69 Å². The van der Waals surface area contributed by atoms with Gasteiger partial charge in [-0.1, -0.05) is 48.5 Å². The van der Waals surface area contributed by atoms with Crippen molar-refractivity contribution in [3.05, 3.63) is 83.9 Å². The summed E-state index contributed by atoms with van der Waals surface area (Å²) in [6.45, 7) is 2.58. The normalized spacial score (nSPS) is 12.8. The van der Waals surface area contributed by atoms with Gasteiger partial charge in [0.15, 0.2) is 0 Å². The van der Waals surface area contributed by atoms with Crippen molar-refractivity contribution in [2.75, 3.05) is 16.8 Å². The van der Waals surface area contributed by atoms with Gasteiger partial charge in [0.25, 0.3) is 11.8 Å². The second-order valence-electron chi connectivity index (χ2n) is 6.89. The van der Waals surface area contributed by atoms with Crippen molar-refractivity contribution < 1.29 is 9.59 Å². The highest BCUT2D eigenvalue weighted by Gasteiger charge is 2.29. The number of nitrogens with one attached hydrogen (secondary N) is 1. The Kier molecular flexibility index (Phi) is 3.66. The molecular weight excluding hydrogens is 348 g/mol. The number of carbonyl (C=O) groups is 2. The number of rotatable bonds is 3. The van der Waals surface area contributed by atoms with E-state index in [9.17, 15) is 9.59 Å². The van der Waals surface area contributed by atoms with Gasteiger partial charge in [0.1, 0.15) is 0 Å². The largest absolute Gasteiger partial charge is 0.321 e. The van der Waals surface area contributed by atoms with Crippen LogP contribution in [0.1, 0.15) is 27.6 Å². The third-order valence-electron chi connectivity index (χ3n) is 5.38. The molecule has 0 aromatic heterocycles. The minimum atomic E-state index is -0.158. The number of hydrogen-bond acceptors (Lipinski definition) is 2. The van der Waals surface area contributed by atoms with Crippen LogP contribution in [-0.2, 0) is 0 Å². The first-order valence-corrected chi connectivity index (χ1v) is 9.35. The van der Waals surface area contributed by atoms with Crippen LogP contribution in [0.15, 0.2) is 72.8 Å². The molecule has 0 spiro atoms. The SMILES string of the molecule is CCN1C(=O)c2cccc3c(NC(=O)c4cccc5ccccc45)ccc1c23. The number of nitrogens with zero attached hydrogens (tertiary/aromatic N) is 1. The van der Waals surface area contributed by atoms with Crippen LogP contribution >= 0.6 is 0 Å². The molecule has 1 N–H and O–H groups in total. The summed E-state index contributed by atoms with van der Waals surface area (Å²) >= 11 is 0. The molecule has 136 valence electrons. The van der Waals surface area contributed by atoms with Gasteiger partial charge in [-0.2, -0.15) is 0 Å². The summed E-state index contributed by atoms with van der Waals surface area (Å²) in [5.41, 5.74) is 2.94. The quantitative estimate of drug-likeness (QED) is 0.540. The molecule has 1 heterocycles. The van der Waals surface area contributed by atoms with Crippen molar-refractivity contribution in [1.29, 1.82) is 0 Å². The van der Waals surface area contributed by atoms with Crippen LogP contribution in [0.2, 0.25) is 0 Å². The molecular formula is C24H18N2O2. The average Bonchev–Trinajstić information content (AvgIpc) is 3.02.